The molecule has 0 fully saturated rings. The van der Waals surface area contributed by atoms with Crippen LogP contribution in [-0.2, 0) is 16.4 Å². The topological polar surface area (TPSA) is 49.4 Å². The van der Waals surface area contributed by atoms with Crippen LogP contribution in [0.2, 0.25) is 0 Å². The van der Waals surface area contributed by atoms with Crippen LogP contribution in [0.1, 0.15) is 31.1 Å². The minimum atomic E-state index is -3.10. The molecular weight excluding hydrogens is 292 g/mol. The molecule has 0 spiro atoms. The van der Waals surface area contributed by atoms with Gasteiger partial charge >= 0.3 is 0 Å². The van der Waals surface area contributed by atoms with Crippen molar-refractivity contribution in [3.05, 3.63) is 22.4 Å². The summed E-state index contributed by atoms with van der Waals surface area (Å²) in [5, 5.41) is 5.31. The predicted molar refractivity (Wildman–Crippen MR) is 86.8 cm³/mol. The summed E-state index contributed by atoms with van der Waals surface area (Å²) in [5.74, 6) is 0.252. The van der Waals surface area contributed by atoms with Crippen molar-refractivity contribution in [2.45, 2.75) is 32.6 Å². The van der Waals surface area contributed by atoms with Gasteiger partial charge in [0.25, 0.3) is 0 Å². The van der Waals surface area contributed by atoms with Crippen LogP contribution < -0.4 is 5.32 Å². The third-order valence-electron chi connectivity index (χ3n) is 3.16. The summed E-state index contributed by atoms with van der Waals surface area (Å²) in [6, 6.07) is 4.04. The van der Waals surface area contributed by atoms with E-state index in [-0.39, 0.29) is 5.75 Å². The van der Waals surface area contributed by atoms with E-state index in [2.05, 4.69) is 12.2 Å². The van der Waals surface area contributed by atoms with Gasteiger partial charge in [0, 0.05) is 18.5 Å². The van der Waals surface area contributed by atoms with Crippen molar-refractivity contribution in [1.29, 1.82) is 0 Å². The van der Waals surface area contributed by atoms with E-state index in [1.807, 2.05) is 17.5 Å². The van der Waals surface area contributed by atoms with Gasteiger partial charge in [-0.3, -0.25) is 0 Å². The van der Waals surface area contributed by atoms with Crippen LogP contribution in [0.4, 0.5) is 0 Å². The fraction of sp³-hybridized carbons (Fsp3) is 0.714. The second kappa shape index (κ2) is 9.50. The molecule has 1 N–H and O–H groups in total. The van der Waals surface area contributed by atoms with E-state index in [4.69, 9.17) is 0 Å². The monoisotopic (exact) mass is 318 g/mol. The summed E-state index contributed by atoms with van der Waals surface area (Å²) in [6.45, 7) is 4.60. The van der Waals surface area contributed by atoms with E-state index >= 15 is 0 Å². The number of rotatable bonds is 11. The normalized spacial score (nSPS) is 12.2. The molecule has 0 saturated heterocycles. The summed E-state index contributed by atoms with van der Waals surface area (Å²) in [5.41, 5.74) is 0. The first kappa shape index (κ1) is 17.6. The molecule has 0 amide bonds. The summed E-state index contributed by atoms with van der Waals surface area (Å²) >= 11 is 1.67. The second-order valence-corrected chi connectivity index (χ2v) is 8.15. The molecule has 0 aliphatic heterocycles. The molecule has 1 rings (SSSR count). The predicted octanol–water partition coefficient (Wildman–Crippen LogP) is 2.33. The van der Waals surface area contributed by atoms with Crippen LogP contribution in [-0.4, -0.2) is 45.2 Å². The quantitative estimate of drug-likeness (QED) is 0.637. The van der Waals surface area contributed by atoms with Crippen molar-refractivity contribution in [3.8, 4) is 0 Å². The van der Waals surface area contributed by atoms with Crippen molar-refractivity contribution in [2.75, 3.05) is 32.4 Å². The molecule has 4 nitrogen and oxygen atoms in total. The largest absolute Gasteiger partial charge is 0.317 e. The smallest absolute Gasteiger partial charge is 0.213 e. The van der Waals surface area contributed by atoms with Crippen molar-refractivity contribution in [2.24, 2.45) is 0 Å². The lowest BCUT2D eigenvalue weighted by Gasteiger charge is -2.16. The van der Waals surface area contributed by atoms with Crippen LogP contribution in [0.25, 0.3) is 0 Å². The van der Waals surface area contributed by atoms with Gasteiger partial charge in [-0.2, -0.15) is 0 Å². The van der Waals surface area contributed by atoms with Crippen molar-refractivity contribution in [3.63, 3.8) is 0 Å². The van der Waals surface area contributed by atoms with E-state index in [1.165, 1.54) is 9.18 Å². The number of nitrogens with zero attached hydrogens (tertiary/aromatic N) is 1. The lowest BCUT2D eigenvalue weighted by Crippen LogP contribution is -2.31. The van der Waals surface area contributed by atoms with Crippen LogP contribution in [0, 0.1) is 0 Å². The molecule has 0 bridgehead atoms. The maximum absolute atomic E-state index is 12.1. The lowest BCUT2D eigenvalue weighted by atomic mass is 10.3. The Balaban J connectivity index is 2.21. The Kier molecular flexibility index (Phi) is 8.37. The molecule has 0 unspecified atom stereocenters. The zero-order chi connectivity index (χ0) is 14.8. The molecule has 1 heterocycles. The highest BCUT2D eigenvalue weighted by Gasteiger charge is 2.16. The minimum absolute atomic E-state index is 0.252. The molecule has 1 aromatic rings. The highest BCUT2D eigenvalue weighted by atomic mass is 32.2. The Labute approximate surface area is 127 Å². The van der Waals surface area contributed by atoms with Crippen molar-refractivity contribution >= 4 is 21.4 Å². The highest BCUT2D eigenvalue weighted by molar-refractivity contribution is 7.89. The maximum Gasteiger partial charge on any atom is 0.213 e. The molecule has 1 aromatic heterocycles. The summed E-state index contributed by atoms with van der Waals surface area (Å²) < 4.78 is 25.7. The van der Waals surface area contributed by atoms with Gasteiger partial charge in [0.2, 0.25) is 10.0 Å². The number of nitrogens with one attached hydrogen (secondary N) is 1. The van der Waals surface area contributed by atoms with Crippen LogP contribution in [0.3, 0.4) is 0 Å². The molecule has 116 valence electrons. The maximum atomic E-state index is 12.1. The SMILES string of the molecule is CCCNCCCCS(=O)(=O)N(C)CCc1cccs1. The fourth-order valence-corrected chi connectivity index (χ4v) is 3.80. The number of likely N-dealkylation sites (N-methyl/N-ethyl adjacent to an activating group) is 1. The van der Waals surface area contributed by atoms with Gasteiger partial charge in [0.15, 0.2) is 0 Å². The van der Waals surface area contributed by atoms with Gasteiger partial charge in [-0.1, -0.05) is 13.0 Å². The molecule has 20 heavy (non-hydrogen) atoms. The molecule has 0 atom stereocenters. The zero-order valence-corrected chi connectivity index (χ0v) is 14.1. The Morgan fingerprint density at radius 3 is 2.75 bits per heavy atom. The van der Waals surface area contributed by atoms with E-state index in [0.29, 0.717) is 6.54 Å². The molecule has 0 saturated carbocycles. The first-order valence-corrected chi connectivity index (χ1v) is 9.72. The Morgan fingerprint density at radius 1 is 1.30 bits per heavy atom. The first-order chi connectivity index (χ1) is 9.56. The molecule has 0 aromatic carbocycles. The average molecular weight is 319 g/mol. The highest BCUT2D eigenvalue weighted by Crippen LogP contribution is 2.11. The average Bonchev–Trinajstić information content (AvgIpc) is 2.93. The van der Waals surface area contributed by atoms with E-state index < -0.39 is 10.0 Å². The molecule has 0 radical (unpaired) electrons. The molecule has 0 aliphatic rings. The van der Waals surface area contributed by atoms with Crippen LogP contribution in [0.15, 0.2) is 17.5 Å². The van der Waals surface area contributed by atoms with Crippen LogP contribution in [0.5, 0.6) is 0 Å². The number of sulfonamides is 1. The number of hydrogen-bond acceptors (Lipinski definition) is 4. The summed E-state index contributed by atoms with van der Waals surface area (Å²) in [4.78, 5) is 1.23. The van der Waals surface area contributed by atoms with Crippen LogP contribution >= 0.6 is 11.3 Å². The van der Waals surface area contributed by atoms with E-state index in [9.17, 15) is 8.42 Å². The fourth-order valence-electron chi connectivity index (χ4n) is 1.85. The Bertz CT molecular complexity index is 444. The lowest BCUT2D eigenvalue weighted by molar-refractivity contribution is 0.470. The summed E-state index contributed by atoms with van der Waals surface area (Å²) in [6.07, 6.45) is 3.55. The molecule has 6 heteroatoms. The van der Waals surface area contributed by atoms with E-state index in [0.717, 1.165) is 38.8 Å². The first-order valence-electron chi connectivity index (χ1n) is 7.23. The molecule has 0 aliphatic carbocycles. The van der Waals surface area contributed by atoms with Crippen molar-refractivity contribution < 1.29 is 8.42 Å². The Hall–Kier alpha value is -0.430. The van der Waals surface area contributed by atoms with Gasteiger partial charge in [0.05, 0.1) is 5.75 Å². The Morgan fingerprint density at radius 2 is 2.10 bits per heavy atom. The van der Waals surface area contributed by atoms with Gasteiger partial charge in [-0.15, -0.1) is 11.3 Å². The van der Waals surface area contributed by atoms with E-state index in [1.54, 1.807) is 18.4 Å². The van der Waals surface area contributed by atoms with Gasteiger partial charge in [-0.25, -0.2) is 12.7 Å². The minimum Gasteiger partial charge on any atom is -0.317 e. The summed E-state index contributed by atoms with van der Waals surface area (Å²) in [7, 11) is -1.42. The zero-order valence-electron chi connectivity index (χ0n) is 12.5. The molecular formula is C14H26N2O2S2. The third-order valence-corrected chi connectivity index (χ3v) is 6.03. The number of hydrogen-bond donors (Lipinski definition) is 1. The number of thiophene rings is 1. The second-order valence-electron chi connectivity index (χ2n) is 4.92. The van der Waals surface area contributed by atoms with Crippen molar-refractivity contribution in [1.82, 2.24) is 9.62 Å². The van der Waals surface area contributed by atoms with Gasteiger partial charge in [-0.05, 0) is 50.2 Å². The third kappa shape index (κ3) is 6.83. The standard InChI is InChI=1S/C14H26N2O2S2/c1-3-9-15-10-4-5-13-20(17,18)16(2)11-8-14-7-6-12-19-14/h6-7,12,15H,3-5,8-11,13H2,1-2H3. The van der Waals surface area contributed by atoms with Gasteiger partial charge < -0.3 is 5.32 Å². The van der Waals surface area contributed by atoms with Gasteiger partial charge in [0.1, 0.15) is 0 Å². The number of unbranched alkanes of at least 4 members (excludes halogenated alkanes) is 1.